The van der Waals surface area contributed by atoms with Gasteiger partial charge in [-0.15, -0.1) is 0 Å². The van der Waals surface area contributed by atoms with Crippen molar-refractivity contribution in [1.29, 1.82) is 0 Å². The van der Waals surface area contributed by atoms with E-state index in [-0.39, 0.29) is 11.9 Å². The van der Waals surface area contributed by atoms with Crippen LogP contribution in [0.2, 0.25) is 0 Å². The van der Waals surface area contributed by atoms with Gasteiger partial charge in [0.25, 0.3) is 0 Å². The van der Waals surface area contributed by atoms with Gasteiger partial charge in [0.1, 0.15) is 11.6 Å². The number of aryl methyl sites for hydroxylation is 1. The lowest BCUT2D eigenvalue weighted by atomic mass is 10.1. The predicted octanol–water partition coefficient (Wildman–Crippen LogP) is 7.25. The number of hydrogen-bond acceptors (Lipinski definition) is 8. The first-order valence-corrected chi connectivity index (χ1v) is 15.7. The molecule has 4 heterocycles. The molecule has 0 atom stereocenters. The van der Waals surface area contributed by atoms with E-state index in [1.54, 1.807) is 15.8 Å². The summed E-state index contributed by atoms with van der Waals surface area (Å²) in [7, 11) is 0. The molecule has 0 spiro atoms. The number of ether oxygens (including phenoxy) is 1. The van der Waals surface area contributed by atoms with Crippen LogP contribution in [0.4, 0.5) is 21.4 Å². The Hall–Kier alpha value is -5.10. The lowest BCUT2D eigenvalue weighted by Crippen LogP contribution is -2.34. The number of carbonyl (C=O) groups excluding carboxylic acids is 2. The summed E-state index contributed by atoms with van der Waals surface area (Å²) in [5, 5.41) is 11.1. The average Bonchev–Trinajstić information content (AvgIpc) is 3.66. The van der Waals surface area contributed by atoms with Crippen molar-refractivity contribution in [2.45, 2.75) is 46.5 Å². The van der Waals surface area contributed by atoms with Crippen LogP contribution >= 0.6 is 11.3 Å². The second-order valence-electron chi connectivity index (χ2n) is 11.3. The van der Waals surface area contributed by atoms with Crippen LogP contribution in [-0.2, 0) is 11.2 Å². The number of hydrogen-bond donors (Lipinski definition) is 2. The highest BCUT2D eigenvalue weighted by atomic mass is 32.1. The molecule has 3 amide bonds. The molecule has 0 aliphatic carbocycles. The van der Waals surface area contributed by atoms with Gasteiger partial charge in [-0.1, -0.05) is 42.9 Å². The van der Waals surface area contributed by atoms with Gasteiger partial charge in [-0.05, 0) is 74.1 Å². The maximum absolute atomic E-state index is 12.9. The Morgan fingerprint density at radius 2 is 1.73 bits per heavy atom. The Bertz CT molecular complexity index is 1780. The van der Waals surface area contributed by atoms with Gasteiger partial charge in [0, 0.05) is 25.2 Å². The fourth-order valence-corrected chi connectivity index (χ4v) is 5.92. The third kappa shape index (κ3) is 7.35. The molecule has 11 nitrogen and oxygen atoms in total. The highest BCUT2D eigenvalue weighted by Crippen LogP contribution is 2.34. The monoisotopic (exact) mass is 622 g/mol. The number of nitrogens with one attached hydrogen (secondary N) is 2. The number of carbonyl (C=O) groups is 2. The summed E-state index contributed by atoms with van der Waals surface area (Å²) in [6, 6.07) is 17.1. The molecule has 0 bridgehead atoms. The molecule has 0 unspecified atom stereocenters. The topological polar surface area (TPSA) is 127 Å². The van der Waals surface area contributed by atoms with E-state index in [0.29, 0.717) is 29.6 Å². The zero-order valence-corrected chi connectivity index (χ0v) is 26.2. The first-order valence-electron chi connectivity index (χ1n) is 14.9. The van der Waals surface area contributed by atoms with E-state index in [9.17, 15) is 9.59 Å². The van der Waals surface area contributed by atoms with Gasteiger partial charge in [0.15, 0.2) is 5.13 Å². The molecule has 1 fully saturated rings. The second-order valence-corrected chi connectivity index (χ2v) is 12.3. The summed E-state index contributed by atoms with van der Waals surface area (Å²) in [6.45, 7) is 7.01. The van der Waals surface area contributed by atoms with Crippen molar-refractivity contribution in [3.63, 3.8) is 0 Å². The van der Waals surface area contributed by atoms with Crippen molar-refractivity contribution >= 4 is 39.9 Å². The van der Waals surface area contributed by atoms with Gasteiger partial charge in [0.2, 0.25) is 5.91 Å². The second kappa shape index (κ2) is 13.3. The zero-order valence-electron chi connectivity index (χ0n) is 25.4. The Kier molecular flexibility index (Phi) is 8.83. The van der Waals surface area contributed by atoms with Crippen LogP contribution in [-0.4, -0.2) is 43.2 Å². The van der Waals surface area contributed by atoms with E-state index in [1.807, 2.05) is 61.5 Å². The van der Waals surface area contributed by atoms with Gasteiger partial charge in [-0.25, -0.2) is 24.4 Å². The molecule has 45 heavy (non-hydrogen) atoms. The van der Waals surface area contributed by atoms with Gasteiger partial charge in [0.05, 0.1) is 34.3 Å². The Labute approximate surface area is 265 Å². The molecule has 2 aromatic carbocycles. The van der Waals surface area contributed by atoms with Crippen LogP contribution in [0.1, 0.15) is 44.4 Å². The van der Waals surface area contributed by atoms with Crippen LogP contribution in [0, 0.1) is 12.8 Å². The molecule has 2 N–H and O–H groups in total. The lowest BCUT2D eigenvalue weighted by Gasteiger charge is -2.23. The molecular weight excluding hydrogens is 588 g/mol. The maximum Gasteiger partial charge on any atom is 0.324 e. The quantitative estimate of drug-likeness (QED) is 0.177. The van der Waals surface area contributed by atoms with Crippen LogP contribution in [0.5, 0.6) is 11.8 Å². The van der Waals surface area contributed by atoms with Gasteiger partial charge < -0.3 is 10.1 Å². The molecule has 1 aliphatic heterocycles. The number of amides is 3. The van der Waals surface area contributed by atoms with Crippen molar-refractivity contribution in [3.8, 4) is 27.9 Å². The van der Waals surface area contributed by atoms with Crippen molar-refractivity contribution < 1.29 is 14.3 Å². The number of urea groups is 1. The first-order chi connectivity index (χ1) is 21.8. The Morgan fingerprint density at radius 3 is 2.44 bits per heavy atom. The maximum atomic E-state index is 12.9. The standard InChI is InChI=1S/C33H34N8O3S/c1-21(2)16-24-17-29(41(39-24)26-11-7-22(3)8-12-26)38-31(43)37-25-18-34-32(35-19-25)44-27-13-9-23(10-14-27)28-20-36-33(45-28)40-15-5-4-6-30(40)42/h7-14,17-21H,4-6,15-16H2,1-3H3,(H2,37,38,43). The molecule has 6 rings (SSSR count). The fourth-order valence-electron chi connectivity index (χ4n) is 4.96. The van der Waals surface area contributed by atoms with E-state index in [4.69, 9.17) is 9.84 Å². The van der Waals surface area contributed by atoms with E-state index < -0.39 is 6.03 Å². The molecule has 3 aromatic heterocycles. The first kappa shape index (κ1) is 29.9. The largest absolute Gasteiger partial charge is 0.424 e. The van der Waals surface area contributed by atoms with Gasteiger partial charge in [-0.2, -0.15) is 5.10 Å². The molecule has 0 radical (unpaired) electrons. The SMILES string of the molecule is Cc1ccc(-n2nc(CC(C)C)cc2NC(=O)Nc2cnc(Oc3ccc(-c4cnc(N5CCCCC5=O)s4)cc3)nc2)cc1. The van der Waals surface area contributed by atoms with E-state index in [1.165, 1.54) is 23.7 Å². The number of aromatic nitrogens is 5. The zero-order chi connectivity index (χ0) is 31.3. The third-order valence-corrected chi connectivity index (χ3v) is 8.25. The van der Waals surface area contributed by atoms with Crippen molar-refractivity contribution in [3.05, 3.63) is 84.4 Å². The Balaban J connectivity index is 1.07. The minimum atomic E-state index is -0.442. The summed E-state index contributed by atoms with van der Waals surface area (Å²) in [4.78, 5) is 40.9. The number of rotatable bonds is 9. The van der Waals surface area contributed by atoms with Crippen LogP contribution < -0.4 is 20.3 Å². The summed E-state index contributed by atoms with van der Waals surface area (Å²) < 4.78 is 7.55. The van der Waals surface area contributed by atoms with Crippen LogP contribution in [0.25, 0.3) is 16.1 Å². The third-order valence-electron chi connectivity index (χ3n) is 7.18. The van der Waals surface area contributed by atoms with Crippen LogP contribution in [0.3, 0.4) is 0 Å². The summed E-state index contributed by atoms with van der Waals surface area (Å²) in [6.07, 6.45) is 8.07. The molecule has 1 aliphatic rings. The van der Waals surface area contributed by atoms with Gasteiger partial charge >= 0.3 is 12.0 Å². The summed E-state index contributed by atoms with van der Waals surface area (Å²) >= 11 is 1.50. The summed E-state index contributed by atoms with van der Waals surface area (Å²) in [5.74, 6) is 1.68. The number of anilines is 3. The normalized spacial score (nSPS) is 13.2. The molecule has 5 aromatic rings. The van der Waals surface area contributed by atoms with Gasteiger partial charge in [-0.3, -0.25) is 15.0 Å². The molecular formula is C33H34N8O3S. The van der Waals surface area contributed by atoms with E-state index in [0.717, 1.165) is 58.3 Å². The highest BCUT2D eigenvalue weighted by molar-refractivity contribution is 7.19. The van der Waals surface area contributed by atoms with Crippen molar-refractivity contribution in [1.82, 2.24) is 24.7 Å². The molecule has 230 valence electrons. The van der Waals surface area contributed by atoms with Crippen molar-refractivity contribution in [2.75, 3.05) is 22.1 Å². The minimum Gasteiger partial charge on any atom is -0.424 e. The summed E-state index contributed by atoms with van der Waals surface area (Å²) in [5.41, 5.74) is 4.27. The molecule has 1 saturated heterocycles. The number of thiazole rings is 1. The van der Waals surface area contributed by atoms with Crippen LogP contribution in [0.15, 0.2) is 73.2 Å². The lowest BCUT2D eigenvalue weighted by molar-refractivity contribution is -0.119. The van der Waals surface area contributed by atoms with Crippen molar-refractivity contribution in [2.24, 2.45) is 5.92 Å². The smallest absolute Gasteiger partial charge is 0.324 e. The minimum absolute atomic E-state index is 0.133. The Morgan fingerprint density at radius 1 is 0.978 bits per heavy atom. The van der Waals surface area contributed by atoms with E-state index >= 15 is 0 Å². The predicted molar refractivity (Wildman–Crippen MR) is 175 cm³/mol. The fraction of sp³-hybridized carbons (Fsp3) is 0.273. The van der Waals surface area contributed by atoms with E-state index in [2.05, 4.69) is 39.4 Å². The molecule has 12 heteroatoms. The number of benzene rings is 2. The number of piperidine rings is 1. The number of nitrogens with zero attached hydrogens (tertiary/aromatic N) is 6. The molecule has 0 saturated carbocycles. The highest BCUT2D eigenvalue weighted by Gasteiger charge is 2.22. The average molecular weight is 623 g/mol.